The summed E-state index contributed by atoms with van der Waals surface area (Å²) >= 11 is 0. The summed E-state index contributed by atoms with van der Waals surface area (Å²) < 4.78 is 13.5. The van der Waals surface area contributed by atoms with Crippen LogP contribution in [0.1, 0.15) is 89.7 Å². The van der Waals surface area contributed by atoms with Crippen molar-refractivity contribution in [2.75, 3.05) is 13.2 Å². The second-order valence-electron chi connectivity index (χ2n) is 8.72. The van der Waals surface area contributed by atoms with E-state index in [4.69, 9.17) is 14.6 Å². The molecular formula is C27H37N3O6. The van der Waals surface area contributed by atoms with Crippen molar-refractivity contribution >= 4 is 23.7 Å². The Hall–Kier alpha value is -3.54. The maximum absolute atomic E-state index is 11.4. The molecule has 0 saturated heterocycles. The highest BCUT2D eigenvalue weighted by Crippen LogP contribution is 2.29. The fourth-order valence-corrected chi connectivity index (χ4v) is 3.81. The van der Waals surface area contributed by atoms with Gasteiger partial charge in [0.15, 0.2) is 11.4 Å². The minimum absolute atomic E-state index is 0.135. The van der Waals surface area contributed by atoms with Gasteiger partial charge in [-0.15, -0.1) is 0 Å². The zero-order chi connectivity index (χ0) is 26.2. The Kier molecular flexibility index (Phi) is 12.9. The van der Waals surface area contributed by atoms with E-state index in [-0.39, 0.29) is 12.3 Å². The highest BCUT2D eigenvalue weighted by Gasteiger charge is 2.18. The number of carbonyl (C=O) groups is 2. The second-order valence-corrected chi connectivity index (χ2v) is 8.72. The van der Waals surface area contributed by atoms with Crippen LogP contribution in [-0.4, -0.2) is 44.8 Å². The number of fused-ring (bicyclic) bond motifs is 1. The Morgan fingerprint density at radius 1 is 1.00 bits per heavy atom. The Balaban J connectivity index is 2.08. The molecule has 0 aliphatic heterocycles. The SMILES string of the molecule is CCCCCCCCCCOc1nc2c(OCCCCCC(=O)O)cccn2c1C=C(C#N)C(=O)O. The summed E-state index contributed by atoms with van der Waals surface area (Å²) in [6.07, 6.45) is 14.4. The van der Waals surface area contributed by atoms with Gasteiger partial charge in [0.1, 0.15) is 17.3 Å². The largest absolute Gasteiger partial charge is 0.490 e. The summed E-state index contributed by atoms with van der Waals surface area (Å²) in [4.78, 5) is 26.6. The lowest BCUT2D eigenvalue weighted by Gasteiger charge is -2.07. The molecule has 0 spiro atoms. The van der Waals surface area contributed by atoms with Crippen LogP contribution in [0.2, 0.25) is 0 Å². The average molecular weight is 500 g/mol. The number of hydrogen-bond acceptors (Lipinski definition) is 6. The van der Waals surface area contributed by atoms with Gasteiger partial charge in [-0.3, -0.25) is 9.20 Å². The van der Waals surface area contributed by atoms with Gasteiger partial charge in [0.25, 0.3) is 0 Å². The van der Waals surface area contributed by atoms with Crippen LogP contribution in [-0.2, 0) is 9.59 Å². The van der Waals surface area contributed by atoms with Crippen LogP contribution in [0.4, 0.5) is 0 Å². The van der Waals surface area contributed by atoms with Crippen molar-refractivity contribution in [2.45, 2.75) is 84.0 Å². The molecule has 0 radical (unpaired) electrons. The lowest BCUT2D eigenvalue weighted by Crippen LogP contribution is -2.02. The fraction of sp³-hybridized carbons (Fsp3) is 0.556. The van der Waals surface area contributed by atoms with Gasteiger partial charge in [0, 0.05) is 12.6 Å². The number of unbranched alkanes of at least 4 members (excludes halogenated alkanes) is 9. The first-order valence-electron chi connectivity index (χ1n) is 12.8. The van der Waals surface area contributed by atoms with E-state index in [1.54, 1.807) is 28.8 Å². The maximum atomic E-state index is 11.4. The summed E-state index contributed by atoms with van der Waals surface area (Å²) in [6, 6.07) is 5.22. The van der Waals surface area contributed by atoms with E-state index >= 15 is 0 Å². The number of rotatable bonds is 19. The van der Waals surface area contributed by atoms with Gasteiger partial charge >= 0.3 is 11.9 Å². The van der Waals surface area contributed by atoms with Gasteiger partial charge in [0.05, 0.1) is 13.2 Å². The Bertz CT molecular complexity index is 1050. The van der Waals surface area contributed by atoms with Crippen LogP contribution in [0.25, 0.3) is 11.7 Å². The molecule has 0 atom stereocenters. The molecule has 2 rings (SSSR count). The Morgan fingerprint density at radius 2 is 1.64 bits per heavy atom. The van der Waals surface area contributed by atoms with Crippen molar-refractivity contribution in [2.24, 2.45) is 0 Å². The van der Waals surface area contributed by atoms with Gasteiger partial charge in [-0.2, -0.15) is 10.2 Å². The van der Waals surface area contributed by atoms with Gasteiger partial charge in [-0.05, 0) is 43.9 Å². The number of pyridine rings is 1. The lowest BCUT2D eigenvalue weighted by molar-refractivity contribution is -0.137. The van der Waals surface area contributed by atoms with E-state index in [2.05, 4.69) is 11.9 Å². The molecule has 0 aromatic carbocycles. The number of nitrogens with zero attached hydrogens (tertiary/aromatic N) is 3. The molecule has 0 saturated carbocycles. The van der Waals surface area contributed by atoms with E-state index in [0.717, 1.165) is 25.7 Å². The van der Waals surface area contributed by atoms with E-state index < -0.39 is 17.5 Å². The summed E-state index contributed by atoms with van der Waals surface area (Å²) in [5, 5.41) is 27.3. The summed E-state index contributed by atoms with van der Waals surface area (Å²) in [5.41, 5.74) is 0.414. The van der Waals surface area contributed by atoms with Crippen molar-refractivity contribution in [1.29, 1.82) is 5.26 Å². The highest BCUT2D eigenvalue weighted by atomic mass is 16.5. The van der Waals surface area contributed by atoms with E-state index in [9.17, 15) is 20.0 Å². The highest BCUT2D eigenvalue weighted by molar-refractivity contribution is 5.96. The van der Waals surface area contributed by atoms with Crippen molar-refractivity contribution in [1.82, 2.24) is 9.38 Å². The number of carboxylic acids is 2. The number of hydrogen-bond donors (Lipinski definition) is 2. The maximum Gasteiger partial charge on any atom is 0.346 e. The van der Waals surface area contributed by atoms with Crippen molar-refractivity contribution in [3.05, 3.63) is 29.6 Å². The minimum atomic E-state index is -1.32. The molecule has 9 heteroatoms. The van der Waals surface area contributed by atoms with Crippen molar-refractivity contribution in [3.8, 4) is 17.7 Å². The molecule has 2 heterocycles. The zero-order valence-corrected chi connectivity index (χ0v) is 21.1. The number of aromatic nitrogens is 2. The monoisotopic (exact) mass is 499 g/mol. The first-order chi connectivity index (χ1) is 17.5. The molecule has 0 aliphatic carbocycles. The number of imidazole rings is 1. The van der Waals surface area contributed by atoms with E-state index in [0.29, 0.717) is 43.1 Å². The van der Waals surface area contributed by atoms with Gasteiger partial charge in [0.2, 0.25) is 5.88 Å². The van der Waals surface area contributed by atoms with Gasteiger partial charge < -0.3 is 19.7 Å². The molecule has 2 N–H and O–H groups in total. The molecule has 2 aromatic rings. The van der Waals surface area contributed by atoms with Crippen LogP contribution >= 0.6 is 0 Å². The van der Waals surface area contributed by atoms with Crippen LogP contribution in [0.3, 0.4) is 0 Å². The van der Waals surface area contributed by atoms with E-state index in [1.807, 2.05) is 0 Å². The topological polar surface area (TPSA) is 134 Å². The third-order valence-corrected chi connectivity index (χ3v) is 5.78. The third-order valence-electron chi connectivity index (χ3n) is 5.78. The summed E-state index contributed by atoms with van der Waals surface area (Å²) in [7, 11) is 0. The number of nitriles is 1. The van der Waals surface area contributed by atoms with Crippen LogP contribution < -0.4 is 9.47 Å². The first-order valence-corrected chi connectivity index (χ1v) is 12.8. The Labute approximate surface area is 212 Å². The summed E-state index contributed by atoms with van der Waals surface area (Å²) in [5.74, 6) is -1.38. The molecule has 2 aromatic heterocycles. The molecule has 0 unspecified atom stereocenters. The van der Waals surface area contributed by atoms with Gasteiger partial charge in [-0.1, -0.05) is 51.9 Å². The predicted octanol–water partition coefficient (Wildman–Crippen LogP) is 5.87. The zero-order valence-electron chi connectivity index (χ0n) is 21.1. The summed E-state index contributed by atoms with van der Waals surface area (Å²) in [6.45, 7) is 3.04. The first kappa shape index (κ1) is 28.7. The molecule has 0 aliphatic rings. The van der Waals surface area contributed by atoms with Crippen LogP contribution in [0, 0.1) is 11.3 Å². The van der Waals surface area contributed by atoms with Crippen molar-refractivity contribution in [3.63, 3.8) is 0 Å². The predicted molar refractivity (Wildman–Crippen MR) is 136 cm³/mol. The smallest absolute Gasteiger partial charge is 0.346 e. The van der Waals surface area contributed by atoms with Gasteiger partial charge in [-0.25, -0.2) is 4.79 Å². The normalized spacial score (nSPS) is 11.4. The van der Waals surface area contributed by atoms with Crippen LogP contribution in [0.5, 0.6) is 11.6 Å². The third kappa shape index (κ3) is 9.61. The number of ether oxygens (including phenoxy) is 2. The number of aliphatic carboxylic acids is 2. The molecule has 196 valence electrons. The molecule has 0 fully saturated rings. The van der Waals surface area contributed by atoms with Crippen LogP contribution in [0.15, 0.2) is 23.9 Å². The Morgan fingerprint density at radius 3 is 2.28 bits per heavy atom. The van der Waals surface area contributed by atoms with E-state index in [1.165, 1.54) is 38.2 Å². The quantitative estimate of drug-likeness (QED) is 0.139. The number of carboxylic acid groups (broad SMARTS) is 2. The van der Waals surface area contributed by atoms with Crippen molar-refractivity contribution < 1.29 is 29.3 Å². The lowest BCUT2D eigenvalue weighted by atomic mass is 10.1. The molecule has 0 amide bonds. The molecule has 9 nitrogen and oxygen atoms in total. The average Bonchev–Trinajstić information content (AvgIpc) is 3.21. The molecular weight excluding hydrogens is 462 g/mol. The second kappa shape index (κ2) is 16.2. The fourth-order valence-electron chi connectivity index (χ4n) is 3.81. The standard InChI is InChI=1S/C27H37N3O6/c1-2-3-4-5-6-7-8-11-18-36-26-22(19-21(20-28)27(33)34)30-16-13-14-23(25(30)29-26)35-17-12-9-10-15-24(31)32/h13-14,16,19H,2-12,15,17-18H2,1H3,(H,31,32)(H,33,34). The molecule has 0 bridgehead atoms. The minimum Gasteiger partial charge on any atom is -0.490 e. The molecule has 36 heavy (non-hydrogen) atoms.